The minimum atomic E-state index is -0.256. The van der Waals surface area contributed by atoms with E-state index in [-0.39, 0.29) is 11.8 Å². The Balaban J connectivity index is 2.04. The van der Waals surface area contributed by atoms with Crippen LogP contribution in [0.2, 0.25) is 0 Å². The van der Waals surface area contributed by atoms with Crippen LogP contribution in [-0.4, -0.2) is 34.8 Å². The van der Waals surface area contributed by atoms with Gasteiger partial charge < -0.3 is 10.2 Å². The standard InChI is InChI=1S/C18H21N3O2S/c1-4-21(5-2)18(23)14-7-6-8-15(11-14)20-17(22)10-9-16-12-24-13(3)19-16/h6-12H,4-5H2,1-3H3,(H,20,22)/b10-9+. The fourth-order valence-corrected chi connectivity index (χ4v) is 2.81. The molecule has 0 aliphatic rings. The van der Waals surface area contributed by atoms with Crippen LogP contribution >= 0.6 is 11.3 Å². The van der Waals surface area contributed by atoms with Crippen molar-refractivity contribution in [3.05, 3.63) is 52.0 Å². The van der Waals surface area contributed by atoms with E-state index in [1.54, 1.807) is 35.2 Å². The van der Waals surface area contributed by atoms with Gasteiger partial charge in [-0.2, -0.15) is 0 Å². The van der Waals surface area contributed by atoms with Gasteiger partial charge in [0.05, 0.1) is 10.7 Å². The maximum Gasteiger partial charge on any atom is 0.253 e. The lowest BCUT2D eigenvalue weighted by atomic mass is 10.1. The Bertz CT molecular complexity index is 748. The van der Waals surface area contributed by atoms with Crippen LogP contribution < -0.4 is 5.32 Å². The van der Waals surface area contributed by atoms with E-state index in [2.05, 4.69) is 10.3 Å². The first-order valence-electron chi connectivity index (χ1n) is 7.84. The van der Waals surface area contributed by atoms with E-state index in [1.165, 1.54) is 17.4 Å². The van der Waals surface area contributed by atoms with E-state index in [0.717, 1.165) is 10.7 Å². The highest BCUT2D eigenvalue weighted by atomic mass is 32.1. The first kappa shape index (κ1) is 17.9. The van der Waals surface area contributed by atoms with Crippen LogP contribution in [0.3, 0.4) is 0 Å². The van der Waals surface area contributed by atoms with E-state index in [1.807, 2.05) is 26.2 Å². The highest BCUT2D eigenvalue weighted by Crippen LogP contribution is 2.14. The first-order chi connectivity index (χ1) is 11.5. The van der Waals surface area contributed by atoms with Crippen molar-refractivity contribution < 1.29 is 9.59 Å². The molecule has 1 N–H and O–H groups in total. The van der Waals surface area contributed by atoms with Gasteiger partial charge in [0.25, 0.3) is 5.91 Å². The Morgan fingerprint density at radius 2 is 2.04 bits per heavy atom. The summed E-state index contributed by atoms with van der Waals surface area (Å²) in [5, 5.41) is 5.62. The largest absolute Gasteiger partial charge is 0.339 e. The second-order valence-electron chi connectivity index (χ2n) is 5.17. The molecule has 0 saturated heterocycles. The lowest BCUT2D eigenvalue weighted by Crippen LogP contribution is -2.30. The fraction of sp³-hybridized carbons (Fsp3) is 0.278. The summed E-state index contributed by atoms with van der Waals surface area (Å²) in [4.78, 5) is 30.4. The molecule has 1 aromatic carbocycles. The van der Waals surface area contributed by atoms with Crippen molar-refractivity contribution in [2.24, 2.45) is 0 Å². The minimum absolute atomic E-state index is 0.0374. The summed E-state index contributed by atoms with van der Waals surface area (Å²) in [5.74, 6) is -0.294. The van der Waals surface area contributed by atoms with Crippen LogP contribution in [0.1, 0.15) is 34.9 Å². The Morgan fingerprint density at radius 1 is 1.29 bits per heavy atom. The van der Waals surface area contributed by atoms with E-state index in [9.17, 15) is 9.59 Å². The number of amides is 2. The van der Waals surface area contributed by atoms with Crippen molar-refractivity contribution in [2.75, 3.05) is 18.4 Å². The molecule has 126 valence electrons. The molecular formula is C18H21N3O2S. The second-order valence-corrected chi connectivity index (χ2v) is 6.23. The van der Waals surface area contributed by atoms with Gasteiger partial charge in [-0.05, 0) is 45.0 Å². The van der Waals surface area contributed by atoms with Crippen molar-refractivity contribution in [1.82, 2.24) is 9.88 Å². The van der Waals surface area contributed by atoms with Crippen molar-refractivity contribution in [3.8, 4) is 0 Å². The summed E-state index contributed by atoms with van der Waals surface area (Å²) in [6, 6.07) is 6.97. The van der Waals surface area contributed by atoms with E-state index in [4.69, 9.17) is 0 Å². The number of aryl methyl sites for hydroxylation is 1. The molecule has 6 heteroatoms. The van der Waals surface area contributed by atoms with Crippen molar-refractivity contribution in [2.45, 2.75) is 20.8 Å². The topological polar surface area (TPSA) is 62.3 Å². The molecule has 24 heavy (non-hydrogen) atoms. The molecule has 0 atom stereocenters. The first-order valence-corrected chi connectivity index (χ1v) is 8.72. The quantitative estimate of drug-likeness (QED) is 0.815. The number of nitrogens with one attached hydrogen (secondary N) is 1. The number of carbonyl (C=O) groups excluding carboxylic acids is 2. The molecule has 1 aromatic heterocycles. The Labute approximate surface area is 146 Å². The monoisotopic (exact) mass is 343 g/mol. The van der Waals surface area contributed by atoms with Gasteiger partial charge >= 0.3 is 0 Å². The number of benzene rings is 1. The van der Waals surface area contributed by atoms with Gasteiger partial charge in [0.1, 0.15) is 0 Å². The predicted octanol–water partition coefficient (Wildman–Crippen LogP) is 3.59. The van der Waals surface area contributed by atoms with Crippen LogP contribution in [-0.2, 0) is 4.79 Å². The van der Waals surface area contributed by atoms with Crippen molar-refractivity contribution in [1.29, 1.82) is 0 Å². The lowest BCUT2D eigenvalue weighted by molar-refractivity contribution is -0.111. The number of hydrogen-bond donors (Lipinski definition) is 1. The third-order valence-corrected chi connectivity index (χ3v) is 4.26. The molecule has 2 rings (SSSR count). The Kier molecular flexibility index (Phi) is 6.26. The zero-order chi connectivity index (χ0) is 17.5. The molecule has 1 heterocycles. The molecule has 0 bridgehead atoms. The number of anilines is 1. The average molecular weight is 343 g/mol. The molecule has 0 radical (unpaired) electrons. The smallest absolute Gasteiger partial charge is 0.253 e. The minimum Gasteiger partial charge on any atom is -0.339 e. The van der Waals surface area contributed by atoms with E-state index in [0.29, 0.717) is 24.3 Å². The van der Waals surface area contributed by atoms with E-state index >= 15 is 0 Å². The third-order valence-electron chi connectivity index (χ3n) is 3.47. The van der Waals surface area contributed by atoms with Gasteiger partial charge in [-0.15, -0.1) is 11.3 Å². The highest BCUT2D eigenvalue weighted by molar-refractivity contribution is 7.09. The summed E-state index contributed by atoms with van der Waals surface area (Å²) in [5.41, 5.74) is 1.92. The maximum absolute atomic E-state index is 12.4. The molecule has 2 aromatic rings. The number of thiazole rings is 1. The van der Waals surface area contributed by atoms with Gasteiger partial charge in [0.15, 0.2) is 0 Å². The van der Waals surface area contributed by atoms with Crippen LogP contribution in [0.15, 0.2) is 35.7 Å². The SMILES string of the molecule is CCN(CC)C(=O)c1cccc(NC(=O)/C=C/c2csc(C)n2)c1. The van der Waals surface area contributed by atoms with Crippen LogP contribution in [0.5, 0.6) is 0 Å². The Morgan fingerprint density at radius 3 is 2.67 bits per heavy atom. The summed E-state index contributed by atoms with van der Waals surface area (Å²) in [6.45, 7) is 7.11. The number of nitrogens with zero attached hydrogens (tertiary/aromatic N) is 2. The number of hydrogen-bond acceptors (Lipinski definition) is 4. The number of rotatable bonds is 6. The molecule has 0 aliphatic carbocycles. The number of aromatic nitrogens is 1. The maximum atomic E-state index is 12.4. The zero-order valence-electron chi connectivity index (χ0n) is 14.1. The normalized spacial score (nSPS) is 10.8. The van der Waals surface area contributed by atoms with Crippen LogP contribution in [0, 0.1) is 6.92 Å². The number of carbonyl (C=O) groups is 2. The Hall–Kier alpha value is -2.47. The van der Waals surface area contributed by atoms with Gasteiger partial charge in [-0.1, -0.05) is 6.07 Å². The molecule has 0 unspecified atom stereocenters. The van der Waals surface area contributed by atoms with Gasteiger partial charge in [-0.25, -0.2) is 4.98 Å². The zero-order valence-corrected chi connectivity index (χ0v) is 14.9. The summed E-state index contributed by atoms with van der Waals surface area (Å²) < 4.78 is 0. The highest BCUT2D eigenvalue weighted by Gasteiger charge is 2.12. The molecule has 0 aliphatic heterocycles. The predicted molar refractivity (Wildman–Crippen MR) is 98.2 cm³/mol. The summed E-state index contributed by atoms with van der Waals surface area (Å²) >= 11 is 1.54. The third kappa shape index (κ3) is 4.76. The fourth-order valence-electron chi connectivity index (χ4n) is 2.23. The molecule has 5 nitrogen and oxygen atoms in total. The molecule has 0 saturated carbocycles. The average Bonchev–Trinajstić information content (AvgIpc) is 3.00. The van der Waals surface area contributed by atoms with Gasteiger partial charge in [0, 0.05) is 35.8 Å². The summed E-state index contributed by atoms with van der Waals surface area (Å²) in [6.07, 6.45) is 3.11. The molecule has 0 fully saturated rings. The van der Waals surface area contributed by atoms with Crippen molar-refractivity contribution >= 4 is 34.9 Å². The van der Waals surface area contributed by atoms with Crippen molar-refractivity contribution in [3.63, 3.8) is 0 Å². The van der Waals surface area contributed by atoms with Gasteiger partial charge in [-0.3, -0.25) is 9.59 Å². The lowest BCUT2D eigenvalue weighted by Gasteiger charge is -2.18. The van der Waals surface area contributed by atoms with Gasteiger partial charge in [0.2, 0.25) is 5.91 Å². The molecular weight excluding hydrogens is 322 g/mol. The molecule has 0 spiro atoms. The molecule has 2 amide bonds. The van der Waals surface area contributed by atoms with Crippen LogP contribution in [0.4, 0.5) is 5.69 Å². The second kappa shape index (κ2) is 8.40. The summed E-state index contributed by atoms with van der Waals surface area (Å²) in [7, 11) is 0. The van der Waals surface area contributed by atoms with Crippen LogP contribution in [0.25, 0.3) is 6.08 Å². The van der Waals surface area contributed by atoms with E-state index < -0.39 is 0 Å².